The fourth-order valence-electron chi connectivity index (χ4n) is 2.24. The van der Waals surface area contributed by atoms with Crippen molar-refractivity contribution in [3.8, 4) is 0 Å². The van der Waals surface area contributed by atoms with Crippen molar-refractivity contribution >= 4 is 5.96 Å². The number of guanidine groups is 1. The molecule has 0 aliphatic rings. The van der Waals surface area contributed by atoms with Crippen LogP contribution in [0.1, 0.15) is 32.3 Å². The summed E-state index contributed by atoms with van der Waals surface area (Å²) in [5, 5.41) is 7.57. The van der Waals surface area contributed by atoms with Gasteiger partial charge in [0.1, 0.15) is 0 Å². The van der Waals surface area contributed by atoms with Crippen LogP contribution in [0.25, 0.3) is 0 Å². The molecular formula is C16H32N6. The molecule has 1 N–H and O–H groups in total. The molecule has 0 saturated carbocycles. The lowest BCUT2D eigenvalue weighted by molar-refractivity contribution is 0.336. The average Bonchev–Trinajstić information content (AvgIpc) is 2.89. The van der Waals surface area contributed by atoms with Gasteiger partial charge in [-0.15, -0.1) is 0 Å². The zero-order valence-electron chi connectivity index (χ0n) is 14.8. The molecule has 0 bridgehead atoms. The van der Waals surface area contributed by atoms with Crippen molar-refractivity contribution in [3.63, 3.8) is 0 Å². The Morgan fingerprint density at radius 3 is 2.68 bits per heavy atom. The van der Waals surface area contributed by atoms with Gasteiger partial charge in [0.2, 0.25) is 0 Å². The Labute approximate surface area is 135 Å². The van der Waals surface area contributed by atoms with Crippen molar-refractivity contribution in [1.29, 1.82) is 0 Å². The Kier molecular flexibility index (Phi) is 8.58. The highest BCUT2D eigenvalue weighted by Crippen LogP contribution is 2.01. The van der Waals surface area contributed by atoms with E-state index in [1.54, 1.807) is 0 Å². The van der Waals surface area contributed by atoms with E-state index in [-0.39, 0.29) is 0 Å². The number of nitrogens with one attached hydrogen (secondary N) is 1. The van der Waals surface area contributed by atoms with Crippen molar-refractivity contribution in [3.05, 3.63) is 18.0 Å². The standard InChI is InChI=1S/C16H32N6/c1-6-8-10-20(3)11-9-18-16(17-7-2)21(4)13-15-12-19-22(5)14-15/h12,14H,6-11,13H2,1-5H3,(H,17,18). The lowest BCUT2D eigenvalue weighted by Crippen LogP contribution is -2.39. The zero-order valence-corrected chi connectivity index (χ0v) is 14.8. The number of hydrogen-bond donors (Lipinski definition) is 1. The number of likely N-dealkylation sites (N-methyl/N-ethyl adjacent to an activating group) is 1. The molecule has 0 fully saturated rings. The molecule has 6 nitrogen and oxygen atoms in total. The number of unbranched alkanes of at least 4 members (excludes halogenated alkanes) is 1. The van der Waals surface area contributed by atoms with Gasteiger partial charge in [0.25, 0.3) is 0 Å². The number of hydrogen-bond acceptors (Lipinski definition) is 3. The smallest absolute Gasteiger partial charge is 0.194 e. The number of nitrogens with zero attached hydrogens (tertiary/aromatic N) is 5. The van der Waals surface area contributed by atoms with E-state index in [1.165, 1.54) is 18.4 Å². The van der Waals surface area contributed by atoms with E-state index in [4.69, 9.17) is 4.99 Å². The van der Waals surface area contributed by atoms with Crippen LogP contribution >= 0.6 is 0 Å². The van der Waals surface area contributed by atoms with Gasteiger partial charge in [0.05, 0.1) is 12.7 Å². The van der Waals surface area contributed by atoms with Gasteiger partial charge in [-0.05, 0) is 26.9 Å². The Morgan fingerprint density at radius 2 is 2.09 bits per heavy atom. The molecule has 126 valence electrons. The lowest BCUT2D eigenvalue weighted by Gasteiger charge is -2.22. The number of aromatic nitrogens is 2. The van der Waals surface area contributed by atoms with Crippen LogP contribution in [0.5, 0.6) is 0 Å². The third-order valence-electron chi connectivity index (χ3n) is 3.51. The minimum absolute atomic E-state index is 0.811. The first kappa shape index (κ1) is 18.5. The van der Waals surface area contributed by atoms with Gasteiger partial charge in [-0.2, -0.15) is 5.10 Å². The molecule has 0 amide bonds. The van der Waals surface area contributed by atoms with Gasteiger partial charge < -0.3 is 15.1 Å². The molecule has 0 radical (unpaired) electrons. The van der Waals surface area contributed by atoms with Crippen molar-refractivity contribution in [2.75, 3.05) is 40.3 Å². The molecular weight excluding hydrogens is 276 g/mol. The Bertz CT molecular complexity index is 440. The molecule has 22 heavy (non-hydrogen) atoms. The fraction of sp³-hybridized carbons (Fsp3) is 0.750. The maximum absolute atomic E-state index is 4.73. The second-order valence-corrected chi connectivity index (χ2v) is 5.77. The number of aliphatic imine (C=N–C) groups is 1. The summed E-state index contributed by atoms with van der Waals surface area (Å²) in [6, 6.07) is 0. The van der Waals surface area contributed by atoms with Crippen LogP contribution in [0.4, 0.5) is 0 Å². The quantitative estimate of drug-likeness (QED) is 0.555. The summed E-state index contributed by atoms with van der Waals surface area (Å²) in [4.78, 5) is 9.22. The summed E-state index contributed by atoms with van der Waals surface area (Å²) in [7, 11) is 6.17. The SMILES string of the molecule is CCCCN(C)CCN=C(NCC)N(C)Cc1cnn(C)c1. The Balaban J connectivity index is 2.49. The lowest BCUT2D eigenvalue weighted by atomic mass is 10.3. The van der Waals surface area contributed by atoms with E-state index in [1.807, 2.05) is 24.1 Å². The van der Waals surface area contributed by atoms with Crippen LogP contribution in [0, 0.1) is 0 Å². The Hall–Kier alpha value is -1.56. The molecule has 0 unspecified atom stereocenters. The first-order valence-corrected chi connectivity index (χ1v) is 8.22. The normalized spacial score (nSPS) is 12.0. The van der Waals surface area contributed by atoms with E-state index in [0.717, 1.165) is 38.7 Å². The molecule has 0 aliphatic carbocycles. The highest BCUT2D eigenvalue weighted by molar-refractivity contribution is 5.79. The molecule has 0 aliphatic heterocycles. The largest absolute Gasteiger partial charge is 0.357 e. The molecule has 1 aromatic rings. The topological polar surface area (TPSA) is 48.7 Å². The second-order valence-electron chi connectivity index (χ2n) is 5.77. The van der Waals surface area contributed by atoms with Crippen LogP contribution in [-0.4, -0.2) is 65.8 Å². The van der Waals surface area contributed by atoms with Gasteiger partial charge in [0, 0.05) is 45.5 Å². The Morgan fingerprint density at radius 1 is 1.32 bits per heavy atom. The summed E-state index contributed by atoms with van der Waals surface area (Å²) in [5.41, 5.74) is 1.19. The molecule has 0 saturated heterocycles. The van der Waals surface area contributed by atoms with Crippen molar-refractivity contribution < 1.29 is 0 Å². The van der Waals surface area contributed by atoms with E-state index < -0.39 is 0 Å². The molecule has 0 atom stereocenters. The van der Waals surface area contributed by atoms with Crippen molar-refractivity contribution in [1.82, 2.24) is 24.9 Å². The summed E-state index contributed by atoms with van der Waals surface area (Å²) in [6.45, 7) is 8.97. The van der Waals surface area contributed by atoms with Crippen LogP contribution in [0.2, 0.25) is 0 Å². The molecule has 1 rings (SSSR count). The molecule has 1 heterocycles. The second kappa shape index (κ2) is 10.2. The third-order valence-corrected chi connectivity index (χ3v) is 3.51. The van der Waals surface area contributed by atoms with Crippen LogP contribution < -0.4 is 5.32 Å². The molecule has 0 aromatic carbocycles. The van der Waals surface area contributed by atoms with E-state index in [2.05, 4.69) is 48.2 Å². The molecule has 6 heteroatoms. The summed E-state index contributed by atoms with van der Waals surface area (Å²) < 4.78 is 1.83. The van der Waals surface area contributed by atoms with E-state index in [0.29, 0.717) is 0 Å². The first-order chi connectivity index (χ1) is 10.6. The third kappa shape index (κ3) is 6.93. The predicted octanol–water partition coefficient (Wildman–Crippen LogP) is 1.55. The zero-order chi connectivity index (χ0) is 16.4. The summed E-state index contributed by atoms with van der Waals surface area (Å²) in [5.74, 6) is 0.954. The highest BCUT2D eigenvalue weighted by Gasteiger charge is 2.07. The highest BCUT2D eigenvalue weighted by atomic mass is 15.3. The molecule has 0 spiro atoms. The van der Waals surface area contributed by atoms with Gasteiger partial charge in [-0.1, -0.05) is 13.3 Å². The minimum atomic E-state index is 0.811. The van der Waals surface area contributed by atoms with Crippen LogP contribution in [0.15, 0.2) is 17.4 Å². The predicted molar refractivity (Wildman–Crippen MR) is 93.1 cm³/mol. The number of aryl methyl sites for hydroxylation is 1. The van der Waals surface area contributed by atoms with Gasteiger partial charge in [-0.25, -0.2) is 0 Å². The maximum atomic E-state index is 4.73. The van der Waals surface area contributed by atoms with Crippen LogP contribution in [-0.2, 0) is 13.6 Å². The monoisotopic (exact) mass is 308 g/mol. The molecule has 1 aromatic heterocycles. The minimum Gasteiger partial charge on any atom is -0.357 e. The van der Waals surface area contributed by atoms with Gasteiger partial charge in [-0.3, -0.25) is 9.67 Å². The fourth-order valence-corrected chi connectivity index (χ4v) is 2.24. The van der Waals surface area contributed by atoms with E-state index >= 15 is 0 Å². The average molecular weight is 308 g/mol. The first-order valence-electron chi connectivity index (χ1n) is 8.22. The van der Waals surface area contributed by atoms with Crippen LogP contribution in [0.3, 0.4) is 0 Å². The maximum Gasteiger partial charge on any atom is 0.194 e. The summed E-state index contributed by atoms with van der Waals surface area (Å²) in [6.07, 6.45) is 6.43. The summed E-state index contributed by atoms with van der Waals surface area (Å²) >= 11 is 0. The van der Waals surface area contributed by atoms with Gasteiger partial charge >= 0.3 is 0 Å². The van der Waals surface area contributed by atoms with Crippen molar-refractivity contribution in [2.45, 2.75) is 33.2 Å². The van der Waals surface area contributed by atoms with Crippen molar-refractivity contribution in [2.24, 2.45) is 12.0 Å². The number of rotatable bonds is 9. The van der Waals surface area contributed by atoms with E-state index in [9.17, 15) is 0 Å². The van der Waals surface area contributed by atoms with Gasteiger partial charge in [0.15, 0.2) is 5.96 Å².